The Hall–Kier alpha value is -2.39. The summed E-state index contributed by atoms with van der Waals surface area (Å²) in [5.74, 6) is 0.0408. The minimum Gasteiger partial charge on any atom is -0.324 e. The molecule has 0 aliphatic heterocycles. The van der Waals surface area contributed by atoms with Gasteiger partial charge in [-0.25, -0.2) is 0 Å². The number of rotatable bonds is 7. The molecule has 0 aliphatic rings. The fourth-order valence-corrected chi connectivity index (χ4v) is 2.82. The quantitative estimate of drug-likeness (QED) is 0.740. The van der Waals surface area contributed by atoms with Gasteiger partial charge >= 0.3 is 0 Å². The Labute approximate surface area is 151 Å². The maximum Gasteiger partial charge on any atom is 0.238 e. The van der Waals surface area contributed by atoms with E-state index in [1.54, 1.807) is 0 Å². The molecule has 25 heavy (non-hydrogen) atoms. The predicted octanol–water partition coefficient (Wildman–Crippen LogP) is 4.75. The van der Waals surface area contributed by atoms with Crippen LogP contribution in [-0.2, 0) is 4.79 Å². The zero-order valence-corrected chi connectivity index (χ0v) is 15.7. The van der Waals surface area contributed by atoms with Crippen LogP contribution in [-0.4, -0.2) is 30.4 Å². The number of benzene rings is 2. The molecule has 132 valence electrons. The largest absolute Gasteiger partial charge is 0.324 e. The lowest BCUT2D eigenvalue weighted by molar-refractivity contribution is -0.117. The van der Waals surface area contributed by atoms with Gasteiger partial charge < -0.3 is 5.32 Å². The zero-order chi connectivity index (χ0) is 18.2. The number of aryl methyl sites for hydroxylation is 1. The molecule has 0 aliphatic carbocycles. The number of nitrogens with one attached hydrogen (secondary N) is 1. The van der Waals surface area contributed by atoms with Crippen LogP contribution < -0.4 is 5.32 Å². The van der Waals surface area contributed by atoms with Gasteiger partial charge in [-0.3, -0.25) is 9.69 Å². The van der Waals surface area contributed by atoms with Gasteiger partial charge in [0, 0.05) is 5.69 Å². The molecule has 2 rings (SSSR count). The number of anilines is 1. The molecular weight excluding hydrogens is 308 g/mol. The fourth-order valence-electron chi connectivity index (χ4n) is 2.82. The second kappa shape index (κ2) is 9.19. The summed E-state index contributed by atoms with van der Waals surface area (Å²) >= 11 is 0. The number of hydrogen-bond acceptors (Lipinski definition) is 2. The first-order valence-electron chi connectivity index (χ1n) is 8.90. The number of carbonyl (C=O) groups is 1. The number of carbonyl (C=O) groups excluding carboxylic acids is 1. The molecule has 0 radical (unpaired) electrons. The Kier molecular flexibility index (Phi) is 6.96. The highest BCUT2D eigenvalue weighted by molar-refractivity contribution is 5.94. The van der Waals surface area contributed by atoms with Crippen molar-refractivity contribution in [2.75, 3.05) is 25.0 Å². The average molecular weight is 336 g/mol. The van der Waals surface area contributed by atoms with E-state index in [0.717, 1.165) is 41.0 Å². The Morgan fingerprint density at radius 1 is 1.00 bits per heavy atom. The molecule has 1 N–H and O–H groups in total. The van der Waals surface area contributed by atoms with Crippen molar-refractivity contribution in [3.05, 3.63) is 64.7 Å². The van der Waals surface area contributed by atoms with E-state index >= 15 is 0 Å². The van der Waals surface area contributed by atoms with Crippen molar-refractivity contribution >= 4 is 23.7 Å². The van der Waals surface area contributed by atoms with E-state index in [1.807, 2.05) is 25.1 Å². The lowest BCUT2D eigenvalue weighted by Gasteiger charge is -2.19. The molecular formula is C22H28N2O. The Morgan fingerprint density at radius 2 is 1.68 bits per heavy atom. The smallest absolute Gasteiger partial charge is 0.238 e. The van der Waals surface area contributed by atoms with Crippen molar-refractivity contribution in [2.24, 2.45) is 0 Å². The number of hydrogen-bond donors (Lipinski definition) is 1. The molecule has 0 heterocycles. The summed E-state index contributed by atoms with van der Waals surface area (Å²) in [5.41, 5.74) is 5.39. The van der Waals surface area contributed by atoms with E-state index in [9.17, 15) is 4.79 Å². The molecule has 1 amide bonds. The molecule has 0 fully saturated rings. The molecule has 2 aromatic rings. The molecule has 0 aromatic heterocycles. The summed E-state index contributed by atoms with van der Waals surface area (Å²) < 4.78 is 0. The van der Waals surface area contributed by atoms with Crippen molar-refractivity contribution < 1.29 is 4.79 Å². The minimum atomic E-state index is 0.0408. The van der Waals surface area contributed by atoms with Crippen LogP contribution in [0.2, 0.25) is 0 Å². The summed E-state index contributed by atoms with van der Waals surface area (Å²) in [5, 5.41) is 3.10. The second-order valence-electron chi connectivity index (χ2n) is 6.23. The number of nitrogens with zero attached hydrogens (tertiary/aromatic N) is 1. The molecule has 3 heteroatoms. The van der Waals surface area contributed by atoms with Gasteiger partial charge in [-0.1, -0.05) is 68.5 Å². The van der Waals surface area contributed by atoms with Crippen LogP contribution in [0.15, 0.2) is 42.5 Å². The van der Waals surface area contributed by atoms with Crippen LogP contribution in [0.3, 0.4) is 0 Å². The van der Waals surface area contributed by atoms with E-state index in [2.05, 4.69) is 67.4 Å². The Bertz CT molecular complexity index is 731. The summed E-state index contributed by atoms with van der Waals surface area (Å²) in [6, 6.07) is 14.4. The van der Waals surface area contributed by atoms with Gasteiger partial charge in [0.25, 0.3) is 0 Å². The van der Waals surface area contributed by atoms with Crippen LogP contribution in [0.25, 0.3) is 12.2 Å². The van der Waals surface area contributed by atoms with E-state index in [4.69, 9.17) is 0 Å². The van der Waals surface area contributed by atoms with Crippen molar-refractivity contribution in [2.45, 2.75) is 27.7 Å². The SMILES string of the molecule is CCN(CC)CC(=O)Nc1c(C)ccc(C=Cc2ccccc2)c1C. The third-order valence-corrected chi connectivity index (χ3v) is 4.50. The van der Waals surface area contributed by atoms with Gasteiger partial charge in [-0.15, -0.1) is 0 Å². The molecule has 0 bridgehead atoms. The fraction of sp³-hybridized carbons (Fsp3) is 0.318. The van der Waals surface area contributed by atoms with Crippen molar-refractivity contribution in [3.63, 3.8) is 0 Å². The standard InChI is InChI=1S/C22H28N2O/c1-5-24(6-2)16-21(25)23-22-17(3)12-14-20(18(22)4)15-13-19-10-8-7-9-11-19/h7-15H,5-6,16H2,1-4H3,(H,23,25). The van der Waals surface area contributed by atoms with Gasteiger partial charge in [0.15, 0.2) is 0 Å². The summed E-state index contributed by atoms with van der Waals surface area (Å²) in [6.07, 6.45) is 4.20. The van der Waals surface area contributed by atoms with Gasteiger partial charge in [-0.2, -0.15) is 0 Å². The van der Waals surface area contributed by atoms with Gasteiger partial charge in [0.1, 0.15) is 0 Å². The zero-order valence-electron chi connectivity index (χ0n) is 15.7. The van der Waals surface area contributed by atoms with Crippen molar-refractivity contribution in [1.29, 1.82) is 0 Å². The molecule has 2 aromatic carbocycles. The first kappa shape index (κ1) is 18.9. The van der Waals surface area contributed by atoms with E-state index < -0.39 is 0 Å². The monoisotopic (exact) mass is 336 g/mol. The van der Waals surface area contributed by atoms with E-state index in [-0.39, 0.29) is 5.91 Å². The van der Waals surface area contributed by atoms with Gasteiger partial charge in [-0.05, 0) is 49.2 Å². The lowest BCUT2D eigenvalue weighted by Crippen LogP contribution is -2.33. The summed E-state index contributed by atoms with van der Waals surface area (Å²) in [6.45, 7) is 10.4. The third kappa shape index (κ3) is 5.30. The first-order chi connectivity index (χ1) is 12.0. The molecule has 0 saturated heterocycles. The van der Waals surface area contributed by atoms with Gasteiger partial charge in [0.05, 0.1) is 6.54 Å². The highest BCUT2D eigenvalue weighted by Gasteiger charge is 2.12. The third-order valence-electron chi connectivity index (χ3n) is 4.50. The molecule has 0 spiro atoms. The van der Waals surface area contributed by atoms with Gasteiger partial charge in [0.2, 0.25) is 5.91 Å². The maximum absolute atomic E-state index is 12.4. The molecule has 3 nitrogen and oxygen atoms in total. The van der Waals surface area contributed by atoms with Crippen molar-refractivity contribution in [1.82, 2.24) is 4.90 Å². The topological polar surface area (TPSA) is 32.3 Å². The maximum atomic E-state index is 12.4. The van der Waals surface area contributed by atoms with Crippen LogP contribution in [0, 0.1) is 13.8 Å². The summed E-state index contributed by atoms with van der Waals surface area (Å²) in [7, 11) is 0. The highest BCUT2D eigenvalue weighted by Crippen LogP contribution is 2.25. The molecule has 0 atom stereocenters. The second-order valence-corrected chi connectivity index (χ2v) is 6.23. The number of likely N-dealkylation sites (N-methyl/N-ethyl adjacent to an activating group) is 1. The highest BCUT2D eigenvalue weighted by atomic mass is 16.2. The van der Waals surface area contributed by atoms with Crippen LogP contribution in [0.5, 0.6) is 0 Å². The normalized spacial score (nSPS) is 11.2. The van der Waals surface area contributed by atoms with Crippen LogP contribution in [0.1, 0.15) is 36.1 Å². The minimum absolute atomic E-state index is 0.0408. The average Bonchev–Trinajstić information content (AvgIpc) is 2.63. The lowest BCUT2D eigenvalue weighted by atomic mass is 10.0. The van der Waals surface area contributed by atoms with Crippen molar-refractivity contribution in [3.8, 4) is 0 Å². The van der Waals surface area contributed by atoms with E-state index in [0.29, 0.717) is 6.54 Å². The molecule has 0 saturated carbocycles. The Morgan fingerprint density at radius 3 is 2.32 bits per heavy atom. The molecule has 0 unspecified atom stereocenters. The van der Waals surface area contributed by atoms with Crippen LogP contribution >= 0.6 is 0 Å². The van der Waals surface area contributed by atoms with E-state index in [1.165, 1.54) is 0 Å². The Balaban J connectivity index is 2.19. The van der Waals surface area contributed by atoms with Crippen LogP contribution in [0.4, 0.5) is 5.69 Å². The summed E-state index contributed by atoms with van der Waals surface area (Å²) in [4.78, 5) is 14.5. The first-order valence-corrected chi connectivity index (χ1v) is 8.90. The predicted molar refractivity (Wildman–Crippen MR) is 108 cm³/mol. The number of amides is 1.